The van der Waals surface area contributed by atoms with Crippen LogP contribution in [0.4, 0.5) is 4.39 Å². The molecule has 1 saturated carbocycles. The van der Waals surface area contributed by atoms with Crippen molar-refractivity contribution in [1.29, 1.82) is 0 Å². The fraction of sp³-hybridized carbons (Fsp3) is 0.367. The van der Waals surface area contributed by atoms with Gasteiger partial charge in [-0.2, -0.15) is 0 Å². The second kappa shape index (κ2) is 9.73. The van der Waals surface area contributed by atoms with Crippen LogP contribution in [0.1, 0.15) is 85.0 Å². The van der Waals surface area contributed by atoms with Crippen LogP contribution in [0.25, 0.3) is 11.1 Å². The number of pyridine rings is 1. The number of benzene rings is 2. The van der Waals surface area contributed by atoms with Crippen LogP contribution in [0.15, 0.2) is 65.9 Å². The highest BCUT2D eigenvalue weighted by Crippen LogP contribution is 2.40. The molecule has 2 aromatic carbocycles. The summed E-state index contributed by atoms with van der Waals surface area (Å²) in [6, 6.07) is 17.4. The number of hydrogen-bond donors (Lipinski definition) is 0. The van der Waals surface area contributed by atoms with Crippen molar-refractivity contribution in [2.24, 2.45) is 5.16 Å². The van der Waals surface area contributed by atoms with Gasteiger partial charge in [-0.15, -0.1) is 0 Å². The second-order valence-electron chi connectivity index (χ2n) is 10.1. The van der Waals surface area contributed by atoms with Crippen molar-refractivity contribution in [3.05, 3.63) is 89.0 Å². The lowest BCUT2D eigenvalue weighted by Crippen LogP contribution is -2.31. The molecule has 1 fully saturated rings. The van der Waals surface area contributed by atoms with Gasteiger partial charge in [0.2, 0.25) is 0 Å². The fourth-order valence-electron chi connectivity index (χ4n) is 5.19. The van der Waals surface area contributed by atoms with E-state index in [-0.39, 0.29) is 23.1 Å². The van der Waals surface area contributed by atoms with Crippen LogP contribution in [0.2, 0.25) is 0 Å². The third kappa shape index (κ3) is 5.19. The Bertz CT molecular complexity index is 1240. The first-order valence-electron chi connectivity index (χ1n) is 12.5. The Morgan fingerprint density at radius 1 is 1.00 bits per heavy atom. The van der Waals surface area contributed by atoms with E-state index in [0.29, 0.717) is 17.7 Å². The number of oxime groups is 1. The first kappa shape index (κ1) is 23.4. The summed E-state index contributed by atoms with van der Waals surface area (Å²) in [4.78, 5) is 23.6. The van der Waals surface area contributed by atoms with Crippen molar-refractivity contribution in [3.63, 3.8) is 0 Å². The monoisotopic (exact) mass is 470 g/mol. The summed E-state index contributed by atoms with van der Waals surface area (Å²) in [6.45, 7) is 4.01. The molecule has 2 aliphatic rings. The minimum atomic E-state index is -0.377. The predicted molar refractivity (Wildman–Crippen MR) is 136 cm³/mol. The fourth-order valence-corrected chi connectivity index (χ4v) is 5.19. The van der Waals surface area contributed by atoms with Gasteiger partial charge in [-0.05, 0) is 74.1 Å². The predicted octanol–water partition coefficient (Wildman–Crippen LogP) is 7.40. The lowest BCUT2D eigenvalue weighted by molar-refractivity contribution is -0.0449. The van der Waals surface area contributed by atoms with Crippen LogP contribution in [0.3, 0.4) is 0 Å². The van der Waals surface area contributed by atoms with Gasteiger partial charge in [0.25, 0.3) is 0 Å². The summed E-state index contributed by atoms with van der Waals surface area (Å²) in [6.07, 6.45) is 7.94. The molecular weight excluding hydrogens is 439 g/mol. The number of rotatable bonds is 6. The van der Waals surface area contributed by atoms with Crippen LogP contribution in [-0.2, 0) is 4.84 Å². The van der Waals surface area contributed by atoms with Gasteiger partial charge in [0.05, 0.1) is 11.9 Å². The topological polar surface area (TPSA) is 51.5 Å². The van der Waals surface area contributed by atoms with Crippen LogP contribution in [-0.4, -0.2) is 22.1 Å². The normalized spacial score (nSPS) is 17.6. The average Bonchev–Trinajstić information content (AvgIpc) is 3.28. The van der Waals surface area contributed by atoms with Gasteiger partial charge in [-0.3, -0.25) is 9.78 Å². The summed E-state index contributed by atoms with van der Waals surface area (Å²) in [5, 5.41) is 4.51. The molecule has 4 nitrogen and oxygen atoms in total. The lowest BCUT2D eigenvalue weighted by Gasteiger charge is -2.30. The minimum absolute atomic E-state index is 0.0331. The Hall–Kier alpha value is -3.34. The molecule has 5 heteroatoms. The van der Waals surface area contributed by atoms with E-state index in [0.717, 1.165) is 41.7 Å². The molecule has 35 heavy (non-hydrogen) atoms. The molecule has 5 rings (SSSR count). The highest BCUT2D eigenvalue weighted by Gasteiger charge is 2.40. The number of aromatic nitrogens is 1. The lowest BCUT2D eigenvalue weighted by atomic mass is 9.80. The summed E-state index contributed by atoms with van der Waals surface area (Å²) in [7, 11) is 0. The van der Waals surface area contributed by atoms with Crippen LogP contribution in [0.5, 0.6) is 0 Å². The van der Waals surface area contributed by atoms with Crippen LogP contribution < -0.4 is 0 Å². The van der Waals surface area contributed by atoms with Gasteiger partial charge in [0, 0.05) is 35.6 Å². The van der Waals surface area contributed by atoms with Crippen molar-refractivity contribution in [1.82, 2.24) is 4.98 Å². The molecule has 0 radical (unpaired) electrons. The number of halogens is 1. The Morgan fingerprint density at radius 3 is 2.46 bits per heavy atom. The highest BCUT2D eigenvalue weighted by atomic mass is 19.1. The van der Waals surface area contributed by atoms with E-state index in [9.17, 15) is 9.18 Å². The summed E-state index contributed by atoms with van der Waals surface area (Å²) in [5.41, 5.74) is 6.29. The van der Waals surface area contributed by atoms with Gasteiger partial charge >= 0.3 is 0 Å². The number of carbonyl (C=O) groups excluding carboxylic acids is 1. The first-order valence-corrected chi connectivity index (χ1v) is 12.5. The third-order valence-electron chi connectivity index (χ3n) is 7.32. The molecule has 1 aliphatic carbocycles. The van der Waals surface area contributed by atoms with E-state index in [2.05, 4.69) is 47.4 Å². The molecule has 0 N–H and O–H groups in total. The zero-order chi connectivity index (χ0) is 24.4. The molecule has 180 valence electrons. The van der Waals surface area contributed by atoms with Gasteiger partial charge in [-0.1, -0.05) is 48.3 Å². The third-order valence-corrected chi connectivity index (χ3v) is 7.32. The van der Waals surface area contributed by atoms with Crippen molar-refractivity contribution in [3.8, 4) is 11.1 Å². The Morgan fingerprint density at radius 2 is 1.74 bits per heavy atom. The van der Waals surface area contributed by atoms with E-state index in [1.54, 1.807) is 6.07 Å². The maximum Gasteiger partial charge on any atom is 0.163 e. The second-order valence-corrected chi connectivity index (χ2v) is 10.1. The van der Waals surface area contributed by atoms with Crippen molar-refractivity contribution < 1.29 is 14.0 Å². The molecule has 2 heterocycles. The molecule has 1 aliphatic heterocycles. The molecular formula is C30H31FN2O2. The minimum Gasteiger partial charge on any atom is -0.389 e. The molecule has 3 aromatic rings. The Kier molecular flexibility index (Phi) is 6.50. The van der Waals surface area contributed by atoms with E-state index in [4.69, 9.17) is 4.84 Å². The average molecular weight is 471 g/mol. The smallest absolute Gasteiger partial charge is 0.163 e. The molecule has 0 amide bonds. The summed E-state index contributed by atoms with van der Waals surface area (Å²) in [5.74, 6) is -0.462. The van der Waals surface area contributed by atoms with Crippen molar-refractivity contribution >= 4 is 11.5 Å². The number of carbonyl (C=O) groups is 1. The van der Waals surface area contributed by atoms with E-state index < -0.39 is 0 Å². The van der Waals surface area contributed by atoms with Crippen molar-refractivity contribution in [2.45, 2.75) is 70.3 Å². The highest BCUT2D eigenvalue weighted by molar-refractivity contribution is 6.06. The van der Waals surface area contributed by atoms with E-state index in [1.807, 2.05) is 19.1 Å². The van der Waals surface area contributed by atoms with Gasteiger partial charge in [0.1, 0.15) is 11.4 Å². The van der Waals surface area contributed by atoms with Gasteiger partial charge in [-0.25, -0.2) is 4.39 Å². The van der Waals surface area contributed by atoms with E-state index >= 15 is 0 Å². The number of nitrogens with zero attached hydrogens (tertiary/aromatic N) is 2. The largest absolute Gasteiger partial charge is 0.389 e. The van der Waals surface area contributed by atoms with E-state index in [1.165, 1.54) is 37.1 Å². The summed E-state index contributed by atoms with van der Waals surface area (Å²) < 4.78 is 13.3. The van der Waals surface area contributed by atoms with Crippen LogP contribution in [0, 0.1) is 12.7 Å². The molecule has 0 unspecified atom stereocenters. The summed E-state index contributed by atoms with van der Waals surface area (Å²) >= 11 is 0. The zero-order valence-corrected chi connectivity index (χ0v) is 20.4. The number of hydrogen-bond acceptors (Lipinski definition) is 4. The number of aryl methyl sites for hydroxylation is 1. The van der Waals surface area contributed by atoms with Crippen molar-refractivity contribution in [2.75, 3.05) is 0 Å². The van der Waals surface area contributed by atoms with Crippen LogP contribution >= 0.6 is 0 Å². The van der Waals surface area contributed by atoms with Gasteiger partial charge in [0.15, 0.2) is 5.78 Å². The Labute approximate surface area is 206 Å². The molecule has 1 atom stereocenters. The maximum absolute atomic E-state index is 13.4. The number of Topliss-reactive ketones (excluding diaryl/α,β-unsaturated/α-hetero) is 1. The maximum atomic E-state index is 13.4. The molecule has 0 saturated heterocycles. The molecule has 1 spiro atoms. The SMILES string of the molecule is Cc1ccc(-c2cc(C(=O)C[C@H](C)c3ccc(F)cn3)cc(C3=NOC4(CCCCC4)C3)c2)cc1. The molecule has 1 aromatic heterocycles. The Balaban J connectivity index is 1.45. The first-order chi connectivity index (χ1) is 16.9. The molecule has 0 bridgehead atoms. The quantitative estimate of drug-likeness (QED) is 0.353. The number of ketones is 1. The van der Waals surface area contributed by atoms with Gasteiger partial charge < -0.3 is 4.84 Å². The zero-order valence-electron chi connectivity index (χ0n) is 20.4. The standard InChI is InChI=1S/C30H31FN2O2/c1-20-6-8-22(9-7-20)23-15-24(28-18-30(35-33-28)12-4-3-5-13-30)17-25(16-23)29(34)14-21(2)27-11-10-26(31)19-32-27/h6-11,15-17,19,21H,3-5,12-14,18H2,1-2H3/t21-/m0/s1.